The van der Waals surface area contributed by atoms with E-state index >= 15 is 0 Å². The Bertz CT molecular complexity index is 448. The van der Waals surface area contributed by atoms with E-state index in [-0.39, 0.29) is 5.41 Å². The van der Waals surface area contributed by atoms with Gasteiger partial charge in [-0.25, -0.2) is 0 Å². The molecule has 0 aromatic heterocycles. The lowest BCUT2D eigenvalue weighted by Crippen LogP contribution is -2.42. The molecule has 0 amide bonds. The van der Waals surface area contributed by atoms with Crippen LogP contribution < -0.4 is 0 Å². The van der Waals surface area contributed by atoms with Gasteiger partial charge in [0.15, 0.2) is 0 Å². The van der Waals surface area contributed by atoms with Gasteiger partial charge < -0.3 is 5.11 Å². The zero-order chi connectivity index (χ0) is 13.6. The number of hydrogen-bond donors (Lipinski definition) is 1. The maximum absolute atomic E-state index is 11.2. The highest BCUT2D eigenvalue weighted by atomic mass is 16.4. The highest BCUT2D eigenvalue weighted by Crippen LogP contribution is 2.56. The van der Waals surface area contributed by atoms with Crippen LogP contribution in [0.2, 0.25) is 0 Å². The number of allylic oxidation sites excluding steroid dienone is 2. The second kappa shape index (κ2) is 4.50. The lowest BCUT2D eigenvalue weighted by Gasteiger charge is -2.51. The molecule has 104 valence electrons. The molecule has 3 rings (SSSR count). The summed E-state index contributed by atoms with van der Waals surface area (Å²) in [6.07, 6.45) is 12.5. The fraction of sp³-hybridized carbons (Fsp3) is 0.706. The molecule has 1 unspecified atom stereocenters. The highest BCUT2D eigenvalue weighted by molar-refractivity contribution is 5.75. The number of carboxylic acid groups (broad SMARTS) is 1. The van der Waals surface area contributed by atoms with E-state index in [0.29, 0.717) is 0 Å². The van der Waals surface area contributed by atoms with Gasteiger partial charge in [-0.3, -0.25) is 4.79 Å². The fourth-order valence-corrected chi connectivity index (χ4v) is 4.68. The first kappa shape index (κ1) is 13.0. The summed E-state index contributed by atoms with van der Waals surface area (Å²) in [6.45, 7) is 4.71. The van der Waals surface area contributed by atoms with Crippen LogP contribution in [0.3, 0.4) is 0 Å². The van der Waals surface area contributed by atoms with Gasteiger partial charge in [0.25, 0.3) is 0 Å². The summed E-state index contributed by atoms with van der Waals surface area (Å²) in [7, 11) is 0. The van der Waals surface area contributed by atoms with Crippen LogP contribution in [0.25, 0.3) is 0 Å². The van der Waals surface area contributed by atoms with Crippen molar-refractivity contribution in [2.45, 2.75) is 46.0 Å². The average molecular weight is 260 g/mol. The van der Waals surface area contributed by atoms with Crippen molar-refractivity contribution in [3.8, 4) is 0 Å². The van der Waals surface area contributed by atoms with Crippen LogP contribution in [0, 0.1) is 29.1 Å². The number of carbonyl (C=O) groups is 1. The van der Waals surface area contributed by atoms with Crippen LogP contribution in [0.15, 0.2) is 23.8 Å². The Balaban J connectivity index is 1.89. The van der Waals surface area contributed by atoms with Gasteiger partial charge >= 0.3 is 5.97 Å². The van der Waals surface area contributed by atoms with Crippen LogP contribution in [0.5, 0.6) is 0 Å². The molecule has 0 saturated heterocycles. The van der Waals surface area contributed by atoms with Crippen molar-refractivity contribution in [1.29, 1.82) is 0 Å². The Morgan fingerprint density at radius 2 is 2.16 bits per heavy atom. The summed E-state index contributed by atoms with van der Waals surface area (Å²) in [5, 5.41) is 9.18. The third-order valence-corrected chi connectivity index (χ3v) is 5.81. The Morgan fingerprint density at radius 3 is 2.89 bits per heavy atom. The van der Waals surface area contributed by atoms with Gasteiger partial charge in [0, 0.05) is 5.41 Å². The number of fused-ring (bicyclic) bond motifs is 3. The number of aliphatic carboxylic acids is 1. The second-order valence-corrected chi connectivity index (χ2v) is 7.02. The van der Waals surface area contributed by atoms with Crippen LogP contribution >= 0.6 is 0 Å². The Morgan fingerprint density at radius 1 is 1.37 bits per heavy atom. The monoisotopic (exact) mass is 260 g/mol. The van der Waals surface area contributed by atoms with Gasteiger partial charge in [0.1, 0.15) is 0 Å². The van der Waals surface area contributed by atoms with Gasteiger partial charge in [0.2, 0.25) is 0 Å². The Labute approximate surface area is 115 Å². The van der Waals surface area contributed by atoms with E-state index in [1.807, 2.05) is 12.2 Å². The minimum absolute atomic E-state index is 0.134. The fourth-order valence-electron chi connectivity index (χ4n) is 4.68. The minimum Gasteiger partial charge on any atom is -0.481 e. The molecule has 19 heavy (non-hydrogen) atoms. The average Bonchev–Trinajstić information content (AvgIpc) is 2.37. The molecule has 0 radical (unpaired) electrons. The van der Waals surface area contributed by atoms with E-state index in [2.05, 4.69) is 19.9 Å². The van der Waals surface area contributed by atoms with Crippen LogP contribution in [0.4, 0.5) is 0 Å². The number of hydrogen-bond acceptors (Lipinski definition) is 1. The smallest absolute Gasteiger partial charge is 0.314 e. The zero-order valence-electron chi connectivity index (χ0n) is 11.9. The van der Waals surface area contributed by atoms with Gasteiger partial charge in [-0.2, -0.15) is 0 Å². The summed E-state index contributed by atoms with van der Waals surface area (Å²) < 4.78 is 0. The molecule has 3 aliphatic rings. The van der Waals surface area contributed by atoms with Gasteiger partial charge in [-0.15, -0.1) is 0 Å². The quantitative estimate of drug-likeness (QED) is 0.723. The van der Waals surface area contributed by atoms with Crippen LogP contribution in [0.1, 0.15) is 46.0 Å². The summed E-state index contributed by atoms with van der Waals surface area (Å²) in [5.74, 6) is 1.33. The SMILES string of the molecule is C[C@H]1CC[C@H]2[C@@H](CCC3=CC(C(=O)O)C=C[C@@]32C)C1. The molecule has 1 N–H and O–H groups in total. The minimum atomic E-state index is -0.717. The molecule has 0 aliphatic heterocycles. The molecule has 0 aromatic carbocycles. The van der Waals surface area contributed by atoms with Crippen molar-refractivity contribution in [3.63, 3.8) is 0 Å². The maximum Gasteiger partial charge on any atom is 0.314 e. The highest BCUT2D eigenvalue weighted by Gasteiger charge is 2.46. The Hall–Kier alpha value is -1.05. The molecule has 0 heterocycles. The molecule has 2 nitrogen and oxygen atoms in total. The second-order valence-electron chi connectivity index (χ2n) is 7.02. The van der Waals surface area contributed by atoms with Crippen molar-refractivity contribution in [1.82, 2.24) is 0 Å². The van der Waals surface area contributed by atoms with Crippen molar-refractivity contribution < 1.29 is 9.90 Å². The molecular formula is C17H24O2. The van der Waals surface area contributed by atoms with Crippen LogP contribution in [-0.4, -0.2) is 11.1 Å². The number of rotatable bonds is 1. The topological polar surface area (TPSA) is 37.3 Å². The summed E-state index contributed by atoms with van der Waals surface area (Å²) >= 11 is 0. The van der Waals surface area contributed by atoms with E-state index in [9.17, 15) is 9.90 Å². The Kier molecular flexibility index (Phi) is 3.07. The van der Waals surface area contributed by atoms with Gasteiger partial charge in [0.05, 0.1) is 5.92 Å². The molecule has 0 spiro atoms. The molecule has 3 aliphatic carbocycles. The van der Waals surface area contributed by atoms with E-state index in [4.69, 9.17) is 0 Å². The lowest BCUT2D eigenvalue weighted by atomic mass is 9.53. The van der Waals surface area contributed by atoms with Crippen LogP contribution in [-0.2, 0) is 4.79 Å². The van der Waals surface area contributed by atoms with E-state index in [1.54, 1.807) is 0 Å². The maximum atomic E-state index is 11.2. The molecule has 2 heteroatoms. The third kappa shape index (κ3) is 2.05. The molecule has 0 aromatic rings. The van der Waals surface area contributed by atoms with E-state index in [1.165, 1.54) is 31.3 Å². The summed E-state index contributed by atoms with van der Waals surface area (Å²) in [6, 6.07) is 0. The molecule has 2 fully saturated rings. The molecule has 0 bridgehead atoms. The molecule has 5 atom stereocenters. The predicted molar refractivity (Wildman–Crippen MR) is 75.7 cm³/mol. The van der Waals surface area contributed by atoms with Gasteiger partial charge in [-0.1, -0.05) is 44.1 Å². The lowest BCUT2D eigenvalue weighted by molar-refractivity contribution is -0.138. The van der Waals surface area contributed by atoms with Crippen molar-refractivity contribution in [3.05, 3.63) is 23.8 Å². The van der Waals surface area contributed by atoms with Crippen molar-refractivity contribution >= 4 is 5.97 Å². The van der Waals surface area contributed by atoms with Crippen molar-refractivity contribution in [2.75, 3.05) is 0 Å². The first-order valence-corrected chi connectivity index (χ1v) is 7.64. The zero-order valence-corrected chi connectivity index (χ0v) is 11.9. The third-order valence-electron chi connectivity index (χ3n) is 5.81. The van der Waals surface area contributed by atoms with E-state index < -0.39 is 11.9 Å². The molecular weight excluding hydrogens is 236 g/mol. The first-order chi connectivity index (χ1) is 9.00. The largest absolute Gasteiger partial charge is 0.481 e. The van der Waals surface area contributed by atoms with Crippen molar-refractivity contribution in [2.24, 2.45) is 29.1 Å². The summed E-state index contributed by atoms with van der Waals surface area (Å²) in [5.41, 5.74) is 1.52. The van der Waals surface area contributed by atoms with Gasteiger partial charge in [-0.05, 0) is 43.4 Å². The standard InChI is InChI=1S/C17H24O2/c1-11-3-6-15-12(9-11)4-5-14-10-13(16(18)19)7-8-17(14,15)2/h7-8,10-13,15H,3-6,9H2,1-2H3,(H,18,19)/t11-,12-,13?,15-,17-/m0/s1. The summed E-state index contributed by atoms with van der Waals surface area (Å²) in [4.78, 5) is 11.2. The molecule has 2 saturated carbocycles. The first-order valence-electron chi connectivity index (χ1n) is 7.64. The number of carboxylic acids is 1. The predicted octanol–water partition coefficient (Wildman–Crippen LogP) is 4.04. The van der Waals surface area contributed by atoms with E-state index in [0.717, 1.165) is 24.2 Å². The normalized spacial score (nSPS) is 45.1.